The van der Waals surface area contributed by atoms with Gasteiger partial charge in [-0.3, -0.25) is 0 Å². The Morgan fingerprint density at radius 2 is 1.76 bits per heavy atom. The third kappa shape index (κ3) is 3.83. The second-order valence-electron chi connectivity index (χ2n) is 5.07. The van der Waals surface area contributed by atoms with Crippen molar-refractivity contribution in [2.45, 2.75) is 6.18 Å². The lowest BCUT2D eigenvalue weighted by atomic mass is 10.1. The van der Waals surface area contributed by atoms with Gasteiger partial charge >= 0.3 is 6.18 Å². The number of benzene rings is 1. The molecule has 2 N–H and O–H groups in total. The molecule has 0 saturated carbocycles. The molecule has 0 aliphatic rings. The molecule has 0 atom stereocenters. The second kappa shape index (κ2) is 6.60. The van der Waals surface area contributed by atoms with Gasteiger partial charge in [0, 0.05) is 18.0 Å². The van der Waals surface area contributed by atoms with Crippen LogP contribution in [0.1, 0.15) is 5.56 Å². The first kappa shape index (κ1) is 17.0. The highest BCUT2D eigenvalue weighted by Crippen LogP contribution is 2.37. The Balaban J connectivity index is 1.89. The molecule has 0 spiro atoms. The van der Waals surface area contributed by atoms with E-state index in [9.17, 15) is 13.2 Å². The summed E-state index contributed by atoms with van der Waals surface area (Å²) in [6, 6.07) is 10.1. The predicted octanol–water partition coefficient (Wildman–Crippen LogP) is 5.19. The molecule has 0 saturated heterocycles. The van der Waals surface area contributed by atoms with Crippen molar-refractivity contribution in [3.05, 3.63) is 65.4 Å². The first-order valence-corrected chi connectivity index (χ1v) is 7.44. The summed E-state index contributed by atoms with van der Waals surface area (Å²) >= 11 is 5.91. The van der Waals surface area contributed by atoms with Crippen LogP contribution in [0.15, 0.2) is 54.9 Å². The second-order valence-corrected chi connectivity index (χ2v) is 5.50. The van der Waals surface area contributed by atoms with Crippen LogP contribution in [0, 0.1) is 0 Å². The van der Waals surface area contributed by atoms with Crippen LogP contribution in [0.3, 0.4) is 0 Å². The third-order valence-corrected chi connectivity index (χ3v) is 3.55. The molecule has 0 fully saturated rings. The van der Waals surface area contributed by atoms with E-state index in [1.54, 1.807) is 18.2 Å². The van der Waals surface area contributed by atoms with Crippen LogP contribution in [-0.4, -0.2) is 9.97 Å². The predicted molar refractivity (Wildman–Crippen MR) is 88.4 cm³/mol. The van der Waals surface area contributed by atoms with E-state index >= 15 is 0 Å². The van der Waals surface area contributed by atoms with Crippen molar-refractivity contribution in [1.82, 2.24) is 9.97 Å². The molecule has 3 rings (SSSR count). The van der Waals surface area contributed by atoms with Crippen LogP contribution < -0.4 is 10.5 Å². The Morgan fingerprint density at radius 3 is 2.44 bits per heavy atom. The molecule has 3 aromatic rings. The number of ether oxygens (including phenoxy) is 1. The summed E-state index contributed by atoms with van der Waals surface area (Å²) in [6.45, 7) is 0. The summed E-state index contributed by atoms with van der Waals surface area (Å²) in [5.41, 5.74) is 6.20. The zero-order valence-electron chi connectivity index (χ0n) is 12.6. The Morgan fingerprint density at radius 1 is 1.04 bits per heavy atom. The first-order valence-electron chi connectivity index (χ1n) is 7.06. The lowest BCUT2D eigenvalue weighted by Crippen LogP contribution is -2.08. The molecule has 128 valence electrons. The molecule has 2 heterocycles. The number of rotatable bonds is 3. The Labute approximate surface area is 146 Å². The quantitative estimate of drug-likeness (QED) is 0.693. The molecule has 0 radical (unpaired) electrons. The normalized spacial score (nSPS) is 11.4. The number of hydrogen-bond acceptors (Lipinski definition) is 4. The fourth-order valence-corrected chi connectivity index (χ4v) is 2.34. The number of aromatic nitrogens is 2. The third-order valence-electron chi connectivity index (χ3n) is 3.34. The van der Waals surface area contributed by atoms with Gasteiger partial charge in [0.05, 0.1) is 5.02 Å². The summed E-state index contributed by atoms with van der Waals surface area (Å²) in [5, 5.41) is 0.424. The molecule has 0 bridgehead atoms. The molecular weight excluding hydrogens is 355 g/mol. The van der Waals surface area contributed by atoms with Crippen molar-refractivity contribution in [2.75, 3.05) is 5.73 Å². The molecule has 0 unspecified atom stereocenters. The van der Waals surface area contributed by atoms with Gasteiger partial charge in [-0.2, -0.15) is 13.2 Å². The summed E-state index contributed by atoms with van der Waals surface area (Å²) in [6.07, 6.45) is -1.89. The van der Waals surface area contributed by atoms with E-state index < -0.39 is 17.6 Å². The average molecular weight is 366 g/mol. The van der Waals surface area contributed by atoms with Gasteiger partial charge in [-0.1, -0.05) is 23.7 Å². The molecule has 0 aliphatic heterocycles. The van der Waals surface area contributed by atoms with Crippen molar-refractivity contribution < 1.29 is 17.9 Å². The number of nitrogens with two attached hydrogens (primary N) is 1. The zero-order chi connectivity index (χ0) is 18.0. The molecule has 0 amide bonds. The number of alkyl halides is 3. The minimum absolute atomic E-state index is 0.210. The molecule has 2 aromatic heterocycles. The Hall–Kier alpha value is -2.80. The highest BCUT2D eigenvalue weighted by Gasteiger charge is 2.35. The van der Waals surface area contributed by atoms with Crippen LogP contribution in [0.4, 0.5) is 19.0 Å². The summed E-state index contributed by atoms with van der Waals surface area (Å²) in [5.74, 6) is -0.00431. The highest BCUT2D eigenvalue weighted by atomic mass is 35.5. The smallest absolute Gasteiger partial charge is 0.421 e. The van der Waals surface area contributed by atoms with Crippen LogP contribution >= 0.6 is 11.6 Å². The van der Waals surface area contributed by atoms with Crippen molar-refractivity contribution in [3.63, 3.8) is 0 Å². The monoisotopic (exact) mass is 365 g/mol. The number of pyridine rings is 2. The van der Waals surface area contributed by atoms with Gasteiger partial charge in [-0.05, 0) is 35.9 Å². The topological polar surface area (TPSA) is 61.0 Å². The fraction of sp³-hybridized carbons (Fsp3) is 0.0588. The maximum atomic E-state index is 13.0. The van der Waals surface area contributed by atoms with Crippen LogP contribution in [0.5, 0.6) is 11.6 Å². The van der Waals surface area contributed by atoms with E-state index in [1.807, 2.05) is 0 Å². The molecule has 4 nitrogen and oxygen atoms in total. The number of anilines is 1. The molecule has 1 aromatic carbocycles. The summed E-state index contributed by atoms with van der Waals surface area (Å²) in [7, 11) is 0. The van der Waals surface area contributed by atoms with Gasteiger partial charge in [0.15, 0.2) is 0 Å². The van der Waals surface area contributed by atoms with Gasteiger partial charge in [0.1, 0.15) is 17.1 Å². The maximum Gasteiger partial charge on any atom is 0.421 e. The Bertz CT molecular complexity index is 898. The van der Waals surface area contributed by atoms with Crippen molar-refractivity contribution in [2.24, 2.45) is 0 Å². The van der Waals surface area contributed by atoms with E-state index in [2.05, 4.69) is 9.97 Å². The lowest BCUT2D eigenvalue weighted by molar-refractivity contribution is -0.138. The number of nitrogen functional groups attached to an aromatic ring is 1. The average Bonchev–Trinajstić information content (AvgIpc) is 2.57. The van der Waals surface area contributed by atoms with Crippen LogP contribution in [0.2, 0.25) is 5.02 Å². The van der Waals surface area contributed by atoms with E-state index in [-0.39, 0.29) is 5.75 Å². The van der Waals surface area contributed by atoms with E-state index in [0.29, 0.717) is 22.0 Å². The van der Waals surface area contributed by atoms with Crippen molar-refractivity contribution in [1.29, 1.82) is 0 Å². The van der Waals surface area contributed by atoms with Gasteiger partial charge in [0.2, 0.25) is 5.88 Å². The number of nitrogens with zero attached hydrogens (tertiary/aromatic N) is 2. The van der Waals surface area contributed by atoms with E-state index in [0.717, 1.165) is 6.07 Å². The molecular formula is C17H11ClF3N3O. The first-order chi connectivity index (χ1) is 11.8. The Kier molecular flexibility index (Phi) is 4.50. The maximum absolute atomic E-state index is 13.0. The van der Waals surface area contributed by atoms with E-state index in [4.69, 9.17) is 22.1 Å². The van der Waals surface area contributed by atoms with Crippen molar-refractivity contribution >= 4 is 17.4 Å². The summed E-state index contributed by atoms with van der Waals surface area (Å²) in [4.78, 5) is 7.62. The van der Waals surface area contributed by atoms with E-state index in [1.165, 1.54) is 30.6 Å². The number of halogens is 4. The minimum atomic E-state index is -4.55. The molecule has 0 aliphatic carbocycles. The van der Waals surface area contributed by atoms with Crippen LogP contribution in [0.25, 0.3) is 11.1 Å². The largest absolute Gasteiger partial charge is 0.438 e. The minimum Gasteiger partial charge on any atom is -0.438 e. The SMILES string of the molecule is Nc1ncc(Cl)cc1-c1ccc(Oc2ncccc2C(F)(F)F)cc1. The highest BCUT2D eigenvalue weighted by molar-refractivity contribution is 6.30. The standard InChI is InChI=1S/C17H11ClF3N3O/c18-11-8-13(15(22)24-9-11)10-3-5-12(6-4-10)25-16-14(17(19,20)21)2-1-7-23-16/h1-9H,(H2,22,24). The fourth-order valence-electron chi connectivity index (χ4n) is 2.18. The zero-order valence-corrected chi connectivity index (χ0v) is 13.3. The number of hydrogen-bond donors (Lipinski definition) is 1. The van der Waals surface area contributed by atoms with Gasteiger partial charge < -0.3 is 10.5 Å². The summed E-state index contributed by atoms with van der Waals surface area (Å²) < 4.78 is 44.2. The van der Waals surface area contributed by atoms with Gasteiger partial charge in [-0.15, -0.1) is 0 Å². The van der Waals surface area contributed by atoms with Crippen molar-refractivity contribution in [3.8, 4) is 22.8 Å². The molecule has 25 heavy (non-hydrogen) atoms. The lowest BCUT2D eigenvalue weighted by Gasteiger charge is -2.12. The van der Waals surface area contributed by atoms with Gasteiger partial charge in [-0.25, -0.2) is 9.97 Å². The van der Waals surface area contributed by atoms with Crippen LogP contribution in [-0.2, 0) is 6.18 Å². The molecule has 8 heteroatoms. The van der Waals surface area contributed by atoms with Gasteiger partial charge in [0.25, 0.3) is 0 Å².